The molecule has 7 aromatic carbocycles. The number of nitrogens with one attached hydrogen (secondary N) is 1. The first-order valence-corrected chi connectivity index (χ1v) is 29.2. The molecule has 1 aliphatic carbocycles. The van der Waals surface area contributed by atoms with Gasteiger partial charge in [0.05, 0.1) is 13.2 Å². The summed E-state index contributed by atoms with van der Waals surface area (Å²) in [7, 11) is -8.97. The van der Waals surface area contributed by atoms with Crippen LogP contribution in [0.25, 0.3) is 11.1 Å². The molecule has 0 heterocycles. The summed E-state index contributed by atoms with van der Waals surface area (Å²) in [5.41, 5.74) is 4.91. The summed E-state index contributed by atoms with van der Waals surface area (Å²) in [6.45, 7) is 4.87. The number of phosphoric acid groups is 1. The molecule has 1 amide bonds. The Morgan fingerprint density at radius 1 is 0.576 bits per heavy atom. The summed E-state index contributed by atoms with van der Waals surface area (Å²) < 4.78 is 39.3. The van der Waals surface area contributed by atoms with Crippen molar-refractivity contribution in [3.63, 3.8) is 0 Å². The highest BCUT2D eigenvalue weighted by molar-refractivity contribution is 7.49. The zero-order chi connectivity index (χ0) is 46.0. The fourth-order valence-corrected chi connectivity index (χ4v) is 17.1. The Kier molecular flexibility index (Phi) is 14.6. The van der Waals surface area contributed by atoms with Gasteiger partial charge in [0.1, 0.15) is 34.5 Å². The van der Waals surface area contributed by atoms with Gasteiger partial charge in [0.2, 0.25) is 0 Å². The molecular formula is C54H54NO8PSi2. The average molecular weight is 932 g/mol. The van der Waals surface area contributed by atoms with E-state index in [9.17, 15) is 19.3 Å². The van der Waals surface area contributed by atoms with Gasteiger partial charge in [-0.05, 0) is 52.0 Å². The van der Waals surface area contributed by atoms with E-state index < -0.39 is 42.1 Å². The molecule has 0 aliphatic heterocycles. The minimum absolute atomic E-state index is 0.0329. The normalized spacial score (nSPS) is 13.0. The van der Waals surface area contributed by atoms with Crippen molar-refractivity contribution < 1.29 is 37.6 Å². The minimum Gasteiger partial charge on any atom is -0.480 e. The number of aliphatic carboxylic acids is 1. The smallest absolute Gasteiger partial charge is 0.480 e. The molecule has 0 saturated carbocycles. The van der Waals surface area contributed by atoms with Crippen LogP contribution in [0, 0.1) is 0 Å². The lowest BCUT2D eigenvalue weighted by atomic mass is 9.98. The molecule has 1 aliphatic rings. The molecule has 0 radical (unpaired) electrons. The molecule has 12 heteroatoms. The maximum Gasteiger partial charge on any atom is 0.530 e. The molecule has 66 heavy (non-hydrogen) atoms. The van der Waals surface area contributed by atoms with Crippen molar-refractivity contribution >= 4 is 56.8 Å². The molecule has 336 valence electrons. The Bertz CT molecular complexity index is 2540. The van der Waals surface area contributed by atoms with Crippen molar-refractivity contribution in [2.45, 2.75) is 43.6 Å². The van der Waals surface area contributed by atoms with Gasteiger partial charge < -0.3 is 19.7 Å². The Hall–Kier alpha value is -6.34. The van der Waals surface area contributed by atoms with E-state index >= 15 is 0 Å². The van der Waals surface area contributed by atoms with Gasteiger partial charge in [0.15, 0.2) is 0 Å². The van der Waals surface area contributed by atoms with Gasteiger partial charge >= 0.3 is 19.9 Å². The number of hydrogen-bond acceptors (Lipinski definition) is 7. The molecule has 7 aromatic rings. The van der Waals surface area contributed by atoms with Crippen LogP contribution in [0.4, 0.5) is 4.79 Å². The number of hydrogen-bond donors (Lipinski definition) is 2. The van der Waals surface area contributed by atoms with Crippen molar-refractivity contribution in [3.8, 4) is 16.9 Å². The Labute approximate surface area is 389 Å². The molecular weight excluding hydrogens is 878 g/mol. The third kappa shape index (κ3) is 10.7. The van der Waals surface area contributed by atoms with Crippen LogP contribution in [-0.4, -0.2) is 59.2 Å². The monoisotopic (exact) mass is 931 g/mol. The molecule has 2 N–H and O–H groups in total. The second kappa shape index (κ2) is 20.9. The number of ether oxygens (including phenoxy) is 1. The number of phosphoric ester groups is 1. The van der Waals surface area contributed by atoms with Crippen LogP contribution in [0.2, 0.25) is 25.2 Å². The van der Waals surface area contributed by atoms with E-state index in [-0.39, 0.29) is 37.9 Å². The molecule has 0 fully saturated rings. The molecule has 8 rings (SSSR count). The number of carboxylic acids is 1. The number of amides is 1. The van der Waals surface area contributed by atoms with E-state index in [0.717, 1.165) is 22.3 Å². The van der Waals surface area contributed by atoms with Crippen LogP contribution < -0.4 is 30.6 Å². The quantitative estimate of drug-likeness (QED) is 0.0574. The number of fused-ring (bicyclic) bond motifs is 3. The highest BCUT2D eigenvalue weighted by Gasteiger charge is 2.37. The third-order valence-corrected chi connectivity index (χ3v) is 23.1. The van der Waals surface area contributed by atoms with Crippen molar-refractivity contribution in [3.05, 3.63) is 211 Å². The largest absolute Gasteiger partial charge is 0.530 e. The number of alkyl carbamates (subject to hydrolysis) is 1. The molecule has 9 nitrogen and oxygen atoms in total. The van der Waals surface area contributed by atoms with E-state index in [1.54, 1.807) is 24.3 Å². The zero-order valence-corrected chi connectivity index (χ0v) is 40.0. The first kappa shape index (κ1) is 46.2. The Morgan fingerprint density at radius 2 is 0.970 bits per heavy atom. The highest BCUT2D eigenvalue weighted by Crippen LogP contribution is 2.50. The minimum atomic E-state index is -4.24. The van der Waals surface area contributed by atoms with Crippen LogP contribution in [0.3, 0.4) is 0 Å². The van der Waals surface area contributed by atoms with Crippen molar-refractivity contribution in [1.29, 1.82) is 0 Å². The Balaban J connectivity index is 0.962. The lowest BCUT2D eigenvalue weighted by Gasteiger charge is -2.30. The Morgan fingerprint density at radius 3 is 1.38 bits per heavy atom. The average Bonchev–Trinajstić information content (AvgIpc) is 3.68. The molecule has 0 aromatic heterocycles. The van der Waals surface area contributed by atoms with Crippen LogP contribution in [-0.2, 0) is 29.6 Å². The molecule has 0 spiro atoms. The van der Waals surface area contributed by atoms with E-state index in [0.29, 0.717) is 17.7 Å². The lowest BCUT2D eigenvalue weighted by molar-refractivity contribution is -0.139. The summed E-state index contributed by atoms with van der Waals surface area (Å²) in [5, 5.41) is 17.6. The zero-order valence-electron chi connectivity index (χ0n) is 37.1. The fraction of sp³-hybridized carbons (Fsp3) is 0.185. The topological polar surface area (TPSA) is 120 Å². The summed E-state index contributed by atoms with van der Waals surface area (Å²) in [6, 6.07) is 64.1. The molecule has 1 atom stereocenters. The van der Waals surface area contributed by atoms with Gasteiger partial charge in [-0.2, -0.15) is 0 Å². The number of benzene rings is 7. The van der Waals surface area contributed by atoms with Crippen LogP contribution >= 0.6 is 7.82 Å². The van der Waals surface area contributed by atoms with Crippen LogP contribution in [0.15, 0.2) is 194 Å². The molecule has 0 saturated heterocycles. The maximum atomic E-state index is 14.9. The lowest BCUT2D eigenvalue weighted by Crippen LogP contribution is -2.56. The first-order valence-electron chi connectivity index (χ1n) is 22.3. The van der Waals surface area contributed by atoms with Crippen molar-refractivity contribution in [2.75, 3.05) is 19.8 Å². The summed E-state index contributed by atoms with van der Waals surface area (Å²) in [6.07, 6.45) is -0.855. The van der Waals surface area contributed by atoms with Crippen LogP contribution in [0.1, 0.15) is 22.6 Å². The van der Waals surface area contributed by atoms with E-state index in [1.165, 1.54) is 20.7 Å². The molecule has 0 unspecified atom stereocenters. The standard InChI is InChI=1S/C54H54NO8PSi2/c1-65(43-19-7-3-8-20-43,44-21-9-4-10-22-44)37-35-61-64(59,62-36-38-66(2,45-23-11-5-12-24-45)46-25-13-6-14-26-46)63-42-33-31-41(32-34-42)39-52(53(56)57)55-54(58)60-40-51-49-29-17-15-27-47(49)48-28-16-18-30-50(48)51/h3-34,51-52H,35-40H2,1-2H3,(H,55,58)(H,56,57)/t52-/m0/s1. The van der Waals surface area contributed by atoms with Gasteiger partial charge in [-0.25, -0.2) is 14.2 Å². The summed E-state index contributed by atoms with van der Waals surface area (Å²) in [5.74, 6) is -1.14. The van der Waals surface area contributed by atoms with E-state index in [1.807, 2.05) is 109 Å². The van der Waals surface area contributed by atoms with Gasteiger partial charge in [-0.3, -0.25) is 9.05 Å². The second-order valence-electron chi connectivity index (χ2n) is 17.0. The van der Waals surface area contributed by atoms with Gasteiger partial charge in [0, 0.05) is 12.3 Å². The number of rotatable bonds is 20. The van der Waals surface area contributed by atoms with Crippen molar-refractivity contribution in [2.24, 2.45) is 0 Å². The van der Waals surface area contributed by atoms with E-state index in [2.05, 4.69) is 79.1 Å². The predicted molar refractivity (Wildman–Crippen MR) is 267 cm³/mol. The number of carbonyl (C=O) groups excluding carboxylic acids is 1. The summed E-state index contributed by atoms with van der Waals surface area (Å²) in [4.78, 5) is 25.5. The summed E-state index contributed by atoms with van der Waals surface area (Å²) >= 11 is 0. The predicted octanol–water partition coefficient (Wildman–Crippen LogP) is 9.53. The fourth-order valence-electron chi connectivity index (χ4n) is 8.98. The van der Waals surface area contributed by atoms with Crippen molar-refractivity contribution in [1.82, 2.24) is 5.32 Å². The maximum absolute atomic E-state index is 14.9. The van der Waals surface area contributed by atoms with Gasteiger partial charge in [0.25, 0.3) is 0 Å². The highest BCUT2D eigenvalue weighted by atomic mass is 31.2. The van der Waals surface area contributed by atoms with Gasteiger partial charge in [-0.15, -0.1) is 0 Å². The number of carboxylic acid groups (broad SMARTS) is 1. The van der Waals surface area contributed by atoms with Gasteiger partial charge in [-0.1, -0.05) is 216 Å². The first-order chi connectivity index (χ1) is 32.0. The second-order valence-corrected chi connectivity index (χ2v) is 27.3. The van der Waals surface area contributed by atoms with Crippen LogP contribution in [0.5, 0.6) is 5.75 Å². The third-order valence-electron chi connectivity index (χ3n) is 12.9. The SMILES string of the molecule is C[Si](CCOP(=O)(OCC[Si](C)(c1ccccc1)c1ccccc1)Oc1ccc(C[C@H](NC(=O)OCC2c3ccccc3-c3ccccc32)C(=O)O)cc1)(c1ccccc1)c1ccccc1. The number of carbonyl (C=O) groups is 2. The van der Waals surface area contributed by atoms with E-state index in [4.69, 9.17) is 18.3 Å². The molecule has 0 bridgehead atoms.